The predicted molar refractivity (Wildman–Crippen MR) is 130 cm³/mol. The number of methoxy groups -OCH3 is 1. The fraction of sp³-hybridized carbons (Fsp3) is 0.370. The second-order valence-electron chi connectivity index (χ2n) is 9.11. The first-order valence-electron chi connectivity index (χ1n) is 11.9. The molecule has 4 amide bonds. The molecule has 0 spiro atoms. The van der Waals surface area contributed by atoms with Crippen molar-refractivity contribution in [1.82, 2.24) is 15.1 Å². The molecule has 4 rings (SSSR count). The normalized spacial score (nSPS) is 20.9. The zero-order chi connectivity index (χ0) is 25.7. The first-order chi connectivity index (χ1) is 17.3. The van der Waals surface area contributed by atoms with Crippen molar-refractivity contribution in [2.24, 2.45) is 5.92 Å². The maximum Gasteiger partial charge on any atom is 0.325 e. The molecule has 2 heterocycles. The summed E-state index contributed by atoms with van der Waals surface area (Å²) < 4.78 is 32.4. The van der Waals surface area contributed by atoms with Gasteiger partial charge in [0, 0.05) is 38.3 Å². The van der Waals surface area contributed by atoms with Crippen molar-refractivity contribution < 1.29 is 27.9 Å². The third-order valence-electron chi connectivity index (χ3n) is 6.93. The summed E-state index contributed by atoms with van der Waals surface area (Å²) in [6.07, 6.45) is 4.00. The molecule has 0 radical (unpaired) electrons. The van der Waals surface area contributed by atoms with Crippen LogP contribution in [0.1, 0.15) is 24.0 Å². The van der Waals surface area contributed by atoms with Gasteiger partial charge in [-0.25, -0.2) is 13.6 Å². The number of nitrogens with zero attached hydrogens (tertiary/aromatic N) is 2. The molecule has 2 aromatic rings. The van der Waals surface area contributed by atoms with Crippen molar-refractivity contribution in [3.05, 3.63) is 77.4 Å². The van der Waals surface area contributed by atoms with Gasteiger partial charge in [-0.05, 0) is 48.6 Å². The maximum atomic E-state index is 13.9. The lowest BCUT2D eigenvalue weighted by molar-refractivity contribution is -0.135. The lowest BCUT2D eigenvalue weighted by atomic mass is 9.74. The summed E-state index contributed by atoms with van der Waals surface area (Å²) in [6.45, 7) is 1.12. The van der Waals surface area contributed by atoms with E-state index in [4.69, 9.17) is 4.74 Å². The number of hydrogen-bond donors (Lipinski definition) is 1. The van der Waals surface area contributed by atoms with Gasteiger partial charge in [-0.15, -0.1) is 0 Å². The van der Waals surface area contributed by atoms with E-state index < -0.39 is 17.4 Å². The average Bonchev–Trinajstić information content (AvgIpc) is 3.12. The van der Waals surface area contributed by atoms with Gasteiger partial charge in [0.2, 0.25) is 5.91 Å². The topological polar surface area (TPSA) is 79.0 Å². The minimum Gasteiger partial charge on any atom is -0.383 e. The number of piperidine rings is 1. The number of nitrogens with one attached hydrogen (secondary N) is 1. The van der Waals surface area contributed by atoms with Gasteiger partial charge in [0.1, 0.15) is 17.2 Å². The van der Waals surface area contributed by atoms with Crippen LogP contribution in [0, 0.1) is 17.6 Å². The SMILES string of the molecule is COCCN1C(=O)NC(Cc2ccc(F)cc2)(C2CCN(C(=O)C=Cc3ccccc3F)CC2)C1=O. The third kappa shape index (κ3) is 5.31. The summed E-state index contributed by atoms with van der Waals surface area (Å²) in [5, 5.41) is 2.93. The fourth-order valence-electron chi connectivity index (χ4n) is 4.96. The van der Waals surface area contributed by atoms with Crippen LogP contribution in [0.25, 0.3) is 6.08 Å². The Hall–Kier alpha value is -3.59. The molecule has 1 N–H and O–H groups in total. The second-order valence-corrected chi connectivity index (χ2v) is 9.11. The van der Waals surface area contributed by atoms with Gasteiger partial charge in [0.25, 0.3) is 5.91 Å². The molecule has 36 heavy (non-hydrogen) atoms. The Bertz CT molecular complexity index is 1150. The maximum absolute atomic E-state index is 13.9. The Morgan fingerprint density at radius 3 is 2.47 bits per heavy atom. The number of ether oxygens (including phenoxy) is 1. The smallest absolute Gasteiger partial charge is 0.325 e. The van der Waals surface area contributed by atoms with Crippen molar-refractivity contribution in [3.8, 4) is 0 Å². The molecule has 7 nitrogen and oxygen atoms in total. The molecule has 2 aromatic carbocycles. The molecular weight excluding hydrogens is 468 g/mol. The van der Waals surface area contributed by atoms with Crippen LogP contribution >= 0.6 is 0 Å². The molecule has 0 saturated carbocycles. The summed E-state index contributed by atoms with van der Waals surface area (Å²) in [4.78, 5) is 41.9. The van der Waals surface area contributed by atoms with E-state index in [-0.39, 0.29) is 43.1 Å². The molecule has 0 bridgehead atoms. The monoisotopic (exact) mass is 497 g/mol. The molecule has 9 heteroatoms. The van der Waals surface area contributed by atoms with E-state index in [2.05, 4.69) is 5.32 Å². The number of urea groups is 1. The molecule has 1 atom stereocenters. The number of amides is 4. The Morgan fingerprint density at radius 1 is 1.11 bits per heavy atom. The highest BCUT2D eigenvalue weighted by atomic mass is 19.1. The van der Waals surface area contributed by atoms with Gasteiger partial charge in [-0.3, -0.25) is 14.5 Å². The predicted octanol–water partition coefficient (Wildman–Crippen LogP) is 3.40. The van der Waals surface area contributed by atoms with Gasteiger partial charge in [-0.2, -0.15) is 0 Å². The quantitative estimate of drug-likeness (QED) is 0.448. The lowest BCUT2D eigenvalue weighted by Crippen LogP contribution is -2.58. The van der Waals surface area contributed by atoms with Gasteiger partial charge in [0.05, 0.1) is 13.2 Å². The van der Waals surface area contributed by atoms with E-state index in [0.29, 0.717) is 31.5 Å². The summed E-state index contributed by atoms with van der Waals surface area (Å²) in [7, 11) is 1.50. The highest BCUT2D eigenvalue weighted by Gasteiger charge is 2.55. The van der Waals surface area contributed by atoms with E-state index in [0.717, 1.165) is 5.56 Å². The van der Waals surface area contributed by atoms with Crippen LogP contribution in [0.5, 0.6) is 0 Å². The molecule has 190 valence electrons. The number of benzene rings is 2. The van der Waals surface area contributed by atoms with Gasteiger partial charge in [-0.1, -0.05) is 30.3 Å². The average molecular weight is 498 g/mol. The number of halogens is 2. The summed E-state index contributed by atoms with van der Waals surface area (Å²) in [6, 6.07) is 11.6. The minimum atomic E-state index is -1.19. The van der Waals surface area contributed by atoms with Crippen LogP contribution in [0.3, 0.4) is 0 Å². The fourth-order valence-corrected chi connectivity index (χ4v) is 4.96. The standard InChI is InChI=1S/C27H29F2N3O4/c1-36-17-16-32-25(34)27(30-26(32)35,18-19-6-9-22(28)10-7-19)21-12-14-31(15-13-21)24(33)11-8-20-4-2-3-5-23(20)29/h2-11,21H,12-18H2,1H3,(H,30,35). The number of likely N-dealkylation sites (tertiary alicyclic amines) is 1. The molecule has 0 aliphatic carbocycles. The highest BCUT2D eigenvalue weighted by molar-refractivity contribution is 6.07. The van der Waals surface area contributed by atoms with E-state index in [1.807, 2.05) is 0 Å². The Labute approximate surface area is 208 Å². The first kappa shape index (κ1) is 25.5. The zero-order valence-corrected chi connectivity index (χ0v) is 20.1. The third-order valence-corrected chi connectivity index (χ3v) is 6.93. The van der Waals surface area contributed by atoms with E-state index >= 15 is 0 Å². The van der Waals surface area contributed by atoms with E-state index in [1.165, 1.54) is 42.4 Å². The number of imide groups is 1. The molecule has 2 aliphatic rings. The number of carbonyl (C=O) groups excluding carboxylic acids is 3. The highest BCUT2D eigenvalue weighted by Crippen LogP contribution is 2.36. The van der Waals surface area contributed by atoms with Gasteiger partial charge in [0.15, 0.2) is 0 Å². The van der Waals surface area contributed by atoms with Crippen LogP contribution in [0.4, 0.5) is 13.6 Å². The van der Waals surface area contributed by atoms with E-state index in [1.54, 1.807) is 35.2 Å². The first-order valence-corrected chi connectivity index (χ1v) is 11.9. The molecule has 2 aliphatic heterocycles. The van der Waals surface area contributed by atoms with Crippen LogP contribution < -0.4 is 5.32 Å². The van der Waals surface area contributed by atoms with Crippen LogP contribution in [-0.4, -0.2) is 66.5 Å². The lowest BCUT2D eigenvalue weighted by Gasteiger charge is -2.41. The van der Waals surface area contributed by atoms with Crippen molar-refractivity contribution >= 4 is 23.9 Å². The van der Waals surface area contributed by atoms with Crippen molar-refractivity contribution in [1.29, 1.82) is 0 Å². The van der Waals surface area contributed by atoms with E-state index in [9.17, 15) is 23.2 Å². The number of carbonyl (C=O) groups is 3. The van der Waals surface area contributed by atoms with Crippen LogP contribution in [-0.2, 0) is 20.7 Å². The van der Waals surface area contributed by atoms with Gasteiger partial charge >= 0.3 is 6.03 Å². The number of rotatable bonds is 8. The largest absolute Gasteiger partial charge is 0.383 e. The second kappa shape index (κ2) is 11.0. The van der Waals surface area contributed by atoms with Crippen molar-refractivity contribution in [2.45, 2.75) is 24.8 Å². The summed E-state index contributed by atoms with van der Waals surface area (Å²) in [5.74, 6) is -1.60. The molecule has 0 aromatic heterocycles. The molecule has 2 saturated heterocycles. The minimum absolute atomic E-state index is 0.129. The zero-order valence-electron chi connectivity index (χ0n) is 20.1. The van der Waals surface area contributed by atoms with Crippen LogP contribution in [0.15, 0.2) is 54.6 Å². The molecular formula is C27H29F2N3O4. The summed E-state index contributed by atoms with van der Waals surface area (Å²) >= 11 is 0. The Morgan fingerprint density at radius 2 is 1.81 bits per heavy atom. The Kier molecular flexibility index (Phi) is 7.79. The number of hydrogen-bond acceptors (Lipinski definition) is 4. The van der Waals surface area contributed by atoms with Gasteiger partial charge < -0.3 is 15.0 Å². The Balaban J connectivity index is 1.50. The molecule has 1 unspecified atom stereocenters. The van der Waals surface area contributed by atoms with Crippen LogP contribution in [0.2, 0.25) is 0 Å². The summed E-state index contributed by atoms with van der Waals surface area (Å²) in [5.41, 5.74) is -0.139. The van der Waals surface area contributed by atoms with Crippen molar-refractivity contribution in [3.63, 3.8) is 0 Å². The molecule has 2 fully saturated rings. The van der Waals surface area contributed by atoms with Crippen molar-refractivity contribution in [2.75, 3.05) is 33.4 Å².